The van der Waals surface area contributed by atoms with E-state index in [0.29, 0.717) is 26.1 Å². The molecule has 0 aliphatic rings. The molecule has 0 heterocycles. The Morgan fingerprint density at radius 2 is 1.41 bits per heavy atom. The van der Waals surface area contributed by atoms with Crippen LogP contribution < -0.4 is 14.8 Å². The largest absolute Gasteiger partial charge is 0.496 e. The van der Waals surface area contributed by atoms with Crippen molar-refractivity contribution in [2.75, 3.05) is 12.4 Å². The summed E-state index contributed by atoms with van der Waals surface area (Å²) in [6, 6.07) is 27.3. The van der Waals surface area contributed by atoms with Crippen LogP contribution in [-0.4, -0.2) is 18.8 Å². The van der Waals surface area contributed by atoms with E-state index in [1.54, 1.807) is 49.6 Å². The number of nitrogens with one attached hydrogen (secondary N) is 1. The molecule has 0 aliphatic heterocycles. The second kappa shape index (κ2) is 10.7. The first-order valence-electron chi connectivity index (χ1n) is 10.3. The summed E-state index contributed by atoms with van der Waals surface area (Å²) in [5.74, 6) is 0.405. The fraction of sp³-hybridized carbons (Fsp3) is 0.0370. The first-order chi connectivity index (χ1) is 16.5. The van der Waals surface area contributed by atoms with Gasteiger partial charge >= 0.3 is 0 Å². The Morgan fingerprint density at radius 3 is 2.03 bits per heavy atom. The molecule has 0 radical (unpaired) electrons. The number of benzene rings is 4. The van der Waals surface area contributed by atoms with Crippen molar-refractivity contribution in [1.82, 2.24) is 0 Å². The molecule has 7 heteroatoms. The summed E-state index contributed by atoms with van der Waals surface area (Å²) in [5.41, 5.74) is 2.65. The molecule has 5 nitrogen and oxygen atoms in total. The molecule has 1 amide bonds. The lowest BCUT2D eigenvalue weighted by Crippen LogP contribution is -2.22. The van der Waals surface area contributed by atoms with Crippen molar-refractivity contribution < 1.29 is 19.1 Å². The molecule has 0 aromatic heterocycles. The Morgan fingerprint density at radius 1 is 0.794 bits per heavy atom. The number of Topliss-reactive ketones (excluding diaryl/α,β-unsaturated/α-hetero) is 1. The zero-order valence-corrected chi connectivity index (χ0v) is 21.2. The van der Waals surface area contributed by atoms with Crippen molar-refractivity contribution in [3.8, 4) is 28.4 Å². The summed E-state index contributed by atoms with van der Waals surface area (Å²) < 4.78 is 12.7. The molecule has 0 fully saturated rings. The van der Waals surface area contributed by atoms with Crippen LogP contribution in [0.5, 0.6) is 17.2 Å². The van der Waals surface area contributed by atoms with Gasteiger partial charge in [0.1, 0.15) is 11.5 Å². The highest BCUT2D eigenvalue weighted by Crippen LogP contribution is 2.40. The van der Waals surface area contributed by atoms with Crippen molar-refractivity contribution in [2.24, 2.45) is 0 Å². The molecule has 0 saturated heterocycles. The molecular formula is C27H19Br2NO4. The fourth-order valence-electron chi connectivity index (χ4n) is 3.34. The predicted octanol–water partition coefficient (Wildman–Crippen LogP) is 7.50. The number of carbonyl (C=O) groups excluding carboxylic acids is 2. The minimum absolute atomic E-state index is 0.222. The van der Waals surface area contributed by atoms with Gasteiger partial charge in [-0.05, 0) is 79.9 Å². The molecule has 0 aliphatic carbocycles. The number of amides is 1. The standard InChI is InChI=1S/C27H19Br2NO4/c1-33-24-13-12-20(16-21(24)17-8-4-2-5-9-17)34-26-22(28)14-18(15-23(26)29)25(31)27(32)30-19-10-6-3-7-11-19/h2-16H,1H3,(H,30,32). The van der Waals surface area contributed by atoms with E-state index in [9.17, 15) is 9.59 Å². The first-order valence-corrected chi connectivity index (χ1v) is 11.9. The monoisotopic (exact) mass is 579 g/mol. The van der Waals surface area contributed by atoms with Crippen LogP contribution in [0.15, 0.2) is 99.9 Å². The second-order valence-electron chi connectivity index (χ2n) is 7.25. The Labute approximate surface area is 214 Å². The van der Waals surface area contributed by atoms with Gasteiger partial charge < -0.3 is 14.8 Å². The maximum absolute atomic E-state index is 12.7. The zero-order chi connectivity index (χ0) is 24.1. The first kappa shape index (κ1) is 23.7. The molecule has 1 N–H and O–H groups in total. The number of rotatable bonds is 7. The summed E-state index contributed by atoms with van der Waals surface area (Å²) in [6.07, 6.45) is 0. The maximum Gasteiger partial charge on any atom is 0.296 e. The molecule has 0 unspecified atom stereocenters. The highest BCUT2D eigenvalue weighted by Gasteiger charge is 2.20. The summed E-state index contributed by atoms with van der Waals surface area (Å²) in [7, 11) is 1.62. The smallest absolute Gasteiger partial charge is 0.296 e. The number of hydrogen-bond donors (Lipinski definition) is 1. The number of halogens is 2. The lowest BCUT2D eigenvalue weighted by atomic mass is 10.0. The van der Waals surface area contributed by atoms with Gasteiger partial charge in [0.15, 0.2) is 5.75 Å². The normalized spacial score (nSPS) is 10.4. The van der Waals surface area contributed by atoms with E-state index < -0.39 is 11.7 Å². The van der Waals surface area contributed by atoms with Crippen LogP contribution in [0.25, 0.3) is 11.1 Å². The van der Waals surface area contributed by atoms with E-state index in [1.807, 2.05) is 48.5 Å². The van der Waals surface area contributed by atoms with Gasteiger partial charge in [0, 0.05) is 16.8 Å². The molecule has 4 aromatic rings. The highest BCUT2D eigenvalue weighted by molar-refractivity contribution is 9.11. The van der Waals surface area contributed by atoms with Crippen molar-refractivity contribution in [3.05, 3.63) is 106 Å². The van der Waals surface area contributed by atoms with Gasteiger partial charge in [-0.25, -0.2) is 0 Å². The van der Waals surface area contributed by atoms with Gasteiger partial charge in [0.25, 0.3) is 11.7 Å². The number of ketones is 1. The van der Waals surface area contributed by atoms with Gasteiger partial charge in [0.2, 0.25) is 0 Å². The Balaban J connectivity index is 1.58. The minimum Gasteiger partial charge on any atom is -0.496 e. The number of para-hydroxylation sites is 1. The quantitative estimate of drug-likeness (QED) is 0.181. The van der Waals surface area contributed by atoms with Crippen LogP contribution in [0.3, 0.4) is 0 Å². The van der Waals surface area contributed by atoms with E-state index in [0.717, 1.165) is 16.9 Å². The van der Waals surface area contributed by atoms with Crippen LogP contribution >= 0.6 is 31.9 Å². The molecule has 0 bridgehead atoms. The van der Waals surface area contributed by atoms with Crippen molar-refractivity contribution in [3.63, 3.8) is 0 Å². The lowest BCUT2D eigenvalue weighted by molar-refractivity contribution is -0.112. The molecule has 170 valence electrons. The van der Waals surface area contributed by atoms with E-state index in [2.05, 4.69) is 37.2 Å². The predicted molar refractivity (Wildman–Crippen MR) is 140 cm³/mol. The maximum atomic E-state index is 12.7. The van der Waals surface area contributed by atoms with Crippen LogP contribution in [0.1, 0.15) is 10.4 Å². The van der Waals surface area contributed by atoms with E-state index in [4.69, 9.17) is 9.47 Å². The molecule has 0 spiro atoms. The minimum atomic E-state index is -0.721. The van der Waals surface area contributed by atoms with Crippen LogP contribution in [0.4, 0.5) is 5.69 Å². The van der Waals surface area contributed by atoms with Crippen molar-refractivity contribution in [2.45, 2.75) is 0 Å². The summed E-state index contributed by atoms with van der Waals surface area (Å²) in [6.45, 7) is 0. The topological polar surface area (TPSA) is 64.6 Å². The Hall–Kier alpha value is -3.42. The number of methoxy groups -OCH3 is 1. The zero-order valence-electron chi connectivity index (χ0n) is 18.0. The van der Waals surface area contributed by atoms with E-state index in [1.165, 1.54) is 0 Å². The lowest BCUT2D eigenvalue weighted by Gasteiger charge is -2.14. The third-order valence-corrected chi connectivity index (χ3v) is 6.15. The fourth-order valence-corrected chi connectivity index (χ4v) is 4.69. The molecule has 0 atom stereocenters. The van der Waals surface area contributed by atoms with Crippen LogP contribution in [-0.2, 0) is 4.79 Å². The van der Waals surface area contributed by atoms with Gasteiger partial charge in [0.05, 0.1) is 16.1 Å². The third kappa shape index (κ3) is 5.38. The van der Waals surface area contributed by atoms with E-state index >= 15 is 0 Å². The Kier molecular flexibility index (Phi) is 7.45. The Bertz CT molecular complexity index is 1320. The summed E-state index contributed by atoms with van der Waals surface area (Å²) in [5, 5.41) is 2.60. The van der Waals surface area contributed by atoms with Crippen LogP contribution in [0, 0.1) is 0 Å². The molecule has 4 aromatic carbocycles. The SMILES string of the molecule is COc1ccc(Oc2c(Br)cc(C(=O)C(=O)Nc3ccccc3)cc2Br)cc1-c1ccccc1. The van der Waals surface area contributed by atoms with Gasteiger partial charge in [-0.1, -0.05) is 48.5 Å². The van der Waals surface area contributed by atoms with Crippen molar-refractivity contribution >= 4 is 49.2 Å². The van der Waals surface area contributed by atoms with Gasteiger partial charge in [-0.3, -0.25) is 9.59 Å². The average Bonchev–Trinajstić information content (AvgIpc) is 2.86. The second-order valence-corrected chi connectivity index (χ2v) is 8.96. The average molecular weight is 581 g/mol. The number of hydrogen-bond acceptors (Lipinski definition) is 4. The molecule has 0 saturated carbocycles. The van der Waals surface area contributed by atoms with E-state index in [-0.39, 0.29) is 5.56 Å². The summed E-state index contributed by atoms with van der Waals surface area (Å²) in [4.78, 5) is 25.1. The molecule has 34 heavy (non-hydrogen) atoms. The number of carbonyl (C=O) groups is 2. The van der Waals surface area contributed by atoms with Crippen LogP contribution in [0.2, 0.25) is 0 Å². The van der Waals surface area contributed by atoms with Crippen molar-refractivity contribution in [1.29, 1.82) is 0 Å². The number of ether oxygens (including phenoxy) is 2. The number of anilines is 1. The highest BCUT2D eigenvalue weighted by atomic mass is 79.9. The molecular weight excluding hydrogens is 562 g/mol. The van der Waals surface area contributed by atoms with Gasteiger partial charge in [-0.2, -0.15) is 0 Å². The summed E-state index contributed by atoms with van der Waals surface area (Å²) >= 11 is 6.94. The van der Waals surface area contributed by atoms with Gasteiger partial charge in [-0.15, -0.1) is 0 Å². The molecule has 4 rings (SSSR count). The third-order valence-electron chi connectivity index (χ3n) is 4.97.